The molecule has 3 nitrogen and oxygen atoms in total. The van der Waals surface area contributed by atoms with E-state index < -0.39 is 0 Å². The van der Waals surface area contributed by atoms with E-state index in [9.17, 15) is 4.79 Å². The molecule has 72 valence electrons. The number of carbonyl (C=O) groups is 1. The van der Waals surface area contributed by atoms with Crippen LogP contribution in [0.1, 0.15) is 0 Å². The lowest BCUT2D eigenvalue weighted by molar-refractivity contribution is -0.117. The van der Waals surface area contributed by atoms with Crippen molar-refractivity contribution < 1.29 is 9.90 Å². The van der Waals surface area contributed by atoms with Crippen molar-refractivity contribution >= 4 is 5.91 Å². The lowest BCUT2D eigenvalue weighted by Gasteiger charge is -2.26. The molecule has 0 aromatic carbocycles. The van der Waals surface area contributed by atoms with Gasteiger partial charge in [-0.25, -0.2) is 0 Å². The quantitative estimate of drug-likeness (QED) is 0.597. The highest BCUT2D eigenvalue weighted by Crippen LogP contribution is 2.25. The molecule has 3 heteroatoms. The molecule has 0 fully saturated rings. The number of hydrogen-bond acceptors (Lipinski definition) is 1. The number of hydrogen-bond donors (Lipinski definition) is 1. The van der Waals surface area contributed by atoms with Crippen LogP contribution in [0.4, 0.5) is 0 Å². The Labute approximate surface area is 82.1 Å². The third-order valence-electron chi connectivity index (χ3n) is 2.45. The van der Waals surface area contributed by atoms with E-state index >= 15 is 0 Å². The van der Waals surface area contributed by atoms with Gasteiger partial charge < -0.3 is 10.4 Å². The molecular formula is C11H12NO2+. The summed E-state index contributed by atoms with van der Waals surface area (Å²) in [6.07, 6.45) is 8.85. The minimum absolute atomic E-state index is 0.0364. The molecule has 3 N–H and O–H groups in total. The maximum absolute atomic E-state index is 11.1. The van der Waals surface area contributed by atoms with E-state index in [2.05, 4.69) is 11.9 Å². The van der Waals surface area contributed by atoms with Crippen LogP contribution in [-0.4, -0.2) is 17.1 Å². The van der Waals surface area contributed by atoms with Gasteiger partial charge >= 0.3 is 0 Å². The highest BCUT2D eigenvalue weighted by molar-refractivity contribution is 5.89. The van der Waals surface area contributed by atoms with Crippen LogP contribution in [0.2, 0.25) is 0 Å². The van der Waals surface area contributed by atoms with Gasteiger partial charge in [0.05, 0.1) is 12.1 Å². The van der Waals surface area contributed by atoms with E-state index in [1.165, 1.54) is 6.08 Å². The molecular weight excluding hydrogens is 178 g/mol. The van der Waals surface area contributed by atoms with Gasteiger partial charge in [-0.15, -0.1) is 0 Å². The summed E-state index contributed by atoms with van der Waals surface area (Å²) in [5.41, 5.74) is 1.00. The van der Waals surface area contributed by atoms with Crippen LogP contribution in [0, 0.1) is 5.92 Å². The van der Waals surface area contributed by atoms with Gasteiger partial charge in [0.15, 0.2) is 0 Å². The second-order valence-corrected chi connectivity index (χ2v) is 3.39. The summed E-state index contributed by atoms with van der Waals surface area (Å²) in [6.45, 7) is 3.67. The molecule has 2 rings (SSSR count). The fourth-order valence-corrected chi connectivity index (χ4v) is 1.70. The molecule has 1 amide bonds. The summed E-state index contributed by atoms with van der Waals surface area (Å²) < 4.78 is 0. The maximum atomic E-state index is 11.1. The van der Waals surface area contributed by atoms with Gasteiger partial charge in [0.25, 0.3) is 5.91 Å². The van der Waals surface area contributed by atoms with Crippen molar-refractivity contribution in [3.8, 4) is 0 Å². The number of carbonyl (C=O) groups excluding carboxylic acids is 1. The Hall–Kier alpha value is -1.77. The van der Waals surface area contributed by atoms with Crippen LogP contribution >= 0.6 is 0 Å². The summed E-state index contributed by atoms with van der Waals surface area (Å²) in [4.78, 5) is 11.1. The normalized spacial score (nSPS) is 29.9. The third-order valence-corrected chi connectivity index (χ3v) is 2.45. The largest absolute Gasteiger partial charge is 0.596 e. The maximum Gasteiger partial charge on any atom is 0.253 e. The first kappa shape index (κ1) is 8.81. The zero-order chi connectivity index (χ0) is 10.1. The van der Waals surface area contributed by atoms with Gasteiger partial charge in [0.1, 0.15) is 5.92 Å². The molecule has 1 aliphatic heterocycles. The highest BCUT2D eigenvalue weighted by atomic mass is 16.3. The molecule has 0 aromatic rings. The van der Waals surface area contributed by atoms with Gasteiger partial charge in [-0.2, -0.15) is 0 Å². The summed E-state index contributed by atoms with van der Waals surface area (Å²) in [7, 11) is 0. The molecule has 0 radical (unpaired) electrons. The highest BCUT2D eigenvalue weighted by Gasteiger charge is 2.32. The fraction of sp³-hybridized carbons (Fsp3) is 0.182. The smallest absolute Gasteiger partial charge is 0.253 e. The minimum Gasteiger partial charge on any atom is -0.596 e. The molecule has 0 saturated carbocycles. The van der Waals surface area contributed by atoms with Gasteiger partial charge in [-0.05, 0) is 5.57 Å². The summed E-state index contributed by atoms with van der Waals surface area (Å²) in [6, 6.07) is -0.0660. The number of nitrogens with one attached hydrogen (secondary N) is 1. The molecule has 1 heterocycles. The van der Waals surface area contributed by atoms with Crippen molar-refractivity contribution in [1.82, 2.24) is 5.32 Å². The van der Waals surface area contributed by atoms with E-state index in [1.54, 1.807) is 6.08 Å². The van der Waals surface area contributed by atoms with Crippen LogP contribution in [0.25, 0.3) is 0 Å². The predicted molar refractivity (Wildman–Crippen MR) is 54.5 cm³/mol. The average Bonchev–Trinajstić information content (AvgIpc) is 2.17. The van der Waals surface area contributed by atoms with Crippen molar-refractivity contribution in [3.05, 3.63) is 48.3 Å². The molecule has 0 saturated heterocycles. The summed E-state index contributed by atoms with van der Waals surface area (Å²) in [5, 5.41) is 10.5. The van der Waals surface area contributed by atoms with Crippen LogP contribution < -0.4 is 5.32 Å². The Bertz CT molecular complexity index is 377. The van der Waals surface area contributed by atoms with Gasteiger partial charge in [0, 0.05) is 0 Å². The molecule has 0 bridgehead atoms. The van der Waals surface area contributed by atoms with E-state index in [4.69, 9.17) is 5.11 Å². The van der Waals surface area contributed by atoms with Crippen LogP contribution in [0.15, 0.2) is 48.3 Å². The SMILES string of the molecule is C=CC1=CC2C([OH2+])=CC(=O)NC2C=C1. The second-order valence-electron chi connectivity index (χ2n) is 3.39. The number of amides is 1. The van der Waals surface area contributed by atoms with E-state index in [0.717, 1.165) is 5.57 Å². The van der Waals surface area contributed by atoms with Gasteiger partial charge in [0.2, 0.25) is 5.76 Å². The van der Waals surface area contributed by atoms with Crippen molar-refractivity contribution in [3.63, 3.8) is 0 Å². The van der Waals surface area contributed by atoms with Crippen LogP contribution in [0.5, 0.6) is 0 Å². The molecule has 1 aliphatic carbocycles. The van der Waals surface area contributed by atoms with Crippen molar-refractivity contribution in [2.24, 2.45) is 5.92 Å². The van der Waals surface area contributed by atoms with Crippen molar-refractivity contribution in [1.29, 1.82) is 0 Å². The van der Waals surface area contributed by atoms with Crippen LogP contribution in [0.3, 0.4) is 0 Å². The van der Waals surface area contributed by atoms with Crippen molar-refractivity contribution in [2.45, 2.75) is 6.04 Å². The second kappa shape index (κ2) is 3.18. The molecule has 2 aliphatic rings. The van der Waals surface area contributed by atoms with E-state index in [-0.39, 0.29) is 17.9 Å². The zero-order valence-corrected chi connectivity index (χ0v) is 7.66. The number of allylic oxidation sites excluding steroid dienone is 3. The monoisotopic (exact) mass is 190 g/mol. The zero-order valence-electron chi connectivity index (χ0n) is 7.66. The molecule has 14 heavy (non-hydrogen) atoms. The Morgan fingerprint density at radius 3 is 3.07 bits per heavy atom. The Kier molecular flexibility index (Phi) is 2.00. The number of rotatable bonds is 1. The Morgan fingerprint density at radius 1 is 1.57 bits per heavy atom. The first-order chi connectivity index (χ1) is 6.70. The topological polar surface area (TPSA) is 52.0 Å². The fourth-order valence-electron chi connectivity index (χ4n) is 1.70. The van der Waals surface area contributed by atoms with Crippen molar-refractivity contribution in [2.75, 3.05) is 0 Å². The Balaban J connectivity index is 2.35. The molecule has 0 aromatic heterocycles. The van der Waals surface area contributed by atoms with E-state index in [0.29, 0.717) is 5.76 Å². The van der Waals surface area contributed by atoms with Gasteiger partial charge in [-0.1, -0.05) is 30.9 Å². The predicted octanol–water partition coefficient (Wildman–Crippen LogP) is 0.392. The van der Waals surface area contributed by atoms with E-state index in [1.807, 2.05) is 18.2 Å². The molecule has 2 unspecified atom stereocenters. The first-order valence-electron chi connectivity index (χ1n) is 4.47. The third kappa shape index (κ3) is 1.37. The molecule has 2 atom stereocenters. The lowest BCUT2D eigenvalue weighted by Crippen LogP contribution is -2.43. The minimum atomic E-state index is -0.184. The van der Waals surface area contributed by atoms with Gasteiger partial charge in [-0.3, -0.25) is 4.79 Å². The lowest BCUT2D eigenvalue weighted by atomic mass is 9.87. The van der Waals surface area contributed by atoms with Crippen LogP contribution in [-0.2, 0) is 4.79 Å². The summed E-state index contributed by atoms with van der Waals surface area (Å²) in [5.74, 6) is 0.143. The number of fused-ring (bicyclic) bond motifs is 1. The first-order valence-corrected chi connectivity index (χ1v) is 4.47. The molecule has 0 spiro atoms. The standard InChI is InChI=1S/C11H11NO2/c1-2-7-3-4-9-8(5-7)10(13)6-11(14)12-9/h2-6,8-9,13H,1H2,(H,12,14)/p+1. The Morgan fingerprint density at radius 2 is 2.36 bits per heavy atom. The average molecular weight is 190 g/mol. The summed E-state index contributed by atoms with van der Waals surface area (Å²) >= 11 is 0.